The Kier molecular flexibility index (Phi) is 4.03. The molecular weight excluding hydrogens is 280 g/mol. The molecule has 0 fully saturated rings. The van der Waals surface area contributed by atoms with Gasteiger partial charge >= 0.3 is 0 Å². The molecule has 2 atom stereocenters. The van der Waals surface area contributed by atoms with Crippen molar-refractivity contribution in [1.82, 2.24) is 0 Å². The molecule has 1 aromatic rings. The second-order valence-electron chi connectivity index (χ2n) is 6.17. The number of benzene rings is 1. The highest BCUT2D eigenvalue weighted by atomic mass is 32.2. The van der Waals surface area contributed by atoms with Gasteiger partial charge in [0.15, 0.2) is 9.84 Å². The van der Waals surface area contributed by atoms with Gasteiger partial charge < -0.3 is 0 Å². The van der Waals surface area contributed by atoms with Crippen molar-refractivity contribution in [1.29, 1.82) is 0 Å². The summed E-state index contributed by atoms with van der Waals surface area (Å²) in [6, 6.07) is 8.93. The van der Waals surface area contributed by atoms with Crippen molar-refractivity contribution in [3.63, 3.8) is 0 Å². The highest BCUT2D eigenvalue weighted by Gasteiger charge is 2.33. The van der Waals surface area contributed by atoms with Gasteiger partial charge in [0.2, 0.25) is 0 Å². The molecule has 0 bridgehead atoms. The molecule has 2 nitrogen and oxygen atoms in total. The summed E-state index contributed by atoms with van der Waals surface area (Å²) in [5, 5.41) is -0.246. The maximum atomic E-state index is 12.9. The van der Waals surface area contributed by atoms with Gasteiger partial charge in [-0.3, -0.25) is 0 Å². The summed E-state index contributed by atoms with van der Waals surface area (Å²) in [4.78, 5) is 0.474. The summed E-state index contributed by atoms with van der Waals surface area (Å²) in [5.41, 5.74) is 2.77. The van der Waals surface area contributed by atoms with Crippen molar-refractivity contribution < 1.29 is 8.42 Å². The van der Waals surface area contributed by atoms with Crippen molar-refractivity contribution >= 4 is 9.84 Å². The molecular formula is C18H22O2S. The quantitative estimate of drug-likeness (QED) is 0.816. The largest absolute Gasteiger partial charge is 0.223 e. The van der Waals surface area contributed by atoms with E-state index in [1.54, 1.807) is 12.1 Å². The van der Waals surface area contributed by atoms with Crippen LogP contribution in [0.5, 0.6) is 0 Å². The predicted octanol–water partition coefficient (Wildman–Crippen LogP) is 4.30. The maximum Gasteiger partial charge on any atom is 0.181 e. The SMILES string of the molecule is CC1=C2C=CCCC2CC(S(=O)(=O)c2ccccc2)CC1. The number of allylic oxidation sites excluding steroid dienone is 4. The predicted molar refractivity (Wildman–Crippen MR) is 85.8 cm³/mol. The van der Waals surface area contributed by atoms with E-state index in [0.29, 0.717) is 10.8 Å². The van der Waals surface area contributed by atoms with E-state index in [2.05, 4.69) is 19.1 Å². The van der Waals surface area contributed by atoms with E-state index in [1.165, 1.54) is 11.1 Å². The molecule has 0 radical (unpaired) electrons. The third kappa shape index (κ3) is 2.84. The zero-order valence-electron chi connectivity index (χ0n) is 12.5. The lowest BCUT2D eigenvalue weighted by atomic mass is 9.85. The molecule has 112 valence electrons. The zero-order valence-corrected chi connectivity index (χ0v) is 13.3. The van der Waals surface area contributed by atoms with E-state index < -0.39 is 9.84 Å². The topological polar surface area (TPSA) is 34.1 Å². The van der Waals surface area contributed by atoms with Crippen LogP contribution in [0.2, 0.25) is 0 Å². The first-order chi connectivity index (χ1) is 10.1. The molecule has 3 rings (SSSR count). The van der Waals surface area contributed by atoms with Crippen molar-refractivity contribution in [2.24, 2.45) is 5.92 Å². The lowest BCUT2D eigenvalue weighted by Gasteiger charge is -2.24. The van der Waals surface area contributed by atoms with Gasteiger partial charge in [-0.25, -0.2) is 8.42 Å². The number of rotatable bonds is 2. The van der Waals surface area contributed by atoms with Crippen LogP contribution in [0.3, 0.4) is 0 Å². The van der Waals surface area contributed by atoms with Gasteiger partial charge in [0.25, 0.3) is 0 Å². The van der Waals surface area contributed by atoms with Crippen molar-refractivity contribution in [3.8, 4) is 0 Å². The summed E-state index contributed by atoms with van der Waals surface area (Å²) in [6.07, 6.45) is 9.02. The van der Waals surface area contributed by atoms with Crippen LogP contribution in [0.25, 0.3) is 0 Å². The van der Waals surface area contributed by atoms with Crippen molar-refractivity contribution in [3.05, 3.63) is 53.6 Å². The maximum absolute atomic E-state index is 12.9. The molecule has 3 heteroatoms. The Morgan fingerprint density at radius 1 is 1.10 bits per heavy atom. The summed E-state index contributed by atoms with van der Waals surface area (Å²) in [7, 11) is -3.21. The second-order valence-corrected chi connectivity index (χ2v) is 8.39. The minimum atomic E-state index is -3.21. The monoisotopic (exact) mass is 302 g/mol. The molecule has 0 aromatic heterocycles. The fraction of sp³-hybridized carbons (Fsp3) is 0.444. The Bertz CT molecular complexity index is 668. The third-order valence-corrected chi connectivity index (χ3v) is 7.05. The summed E-state index contributed by atoms with van der Waals surface area (Å²) in [6.45, 7) is 2.16. The first kappa shape index (κ1) is 14.6. The number of hydrogen-bond donors (Lipinski definition) is 0. The minimum Gasteiger partial charge on any atom is -0.223 e. The van der Waals surface area contributed by atoms with Gasteiger partial charge in [-0.2, -0.15) is 0 Å². The third-order valence-electron chi connectivity index (χ3n) is 4.81. The van der Waals surface area contributed by atoms with Crippen LogP contribution < -0.4 is 0 Å². The summed E-state index contributed by atoms with van der Waals surface area (Å²) < 4.78 is 25.8. The average molecular weight is 302 g/mol. The van der Waals surface area contributed by atoms with Gasteiger partial charge in [-0.05, 0) is 62.7 Å². The molecule has 0 aliphatic heterocycles. The number of sulfone groups is 1. The van der Waals surface area contributed by atoms with E-state index in [1.807, 2.05) is 18.2 Å². The fourth-order valence-electron chi connectivity index (χ4n) is 3.58. The van der Waals surface area contributed by atoms with Gasteiger partial charge in [0, 0.05) is 0 Å². The molecule has 1 aromatic carbocycles. The lowest BCUT2D eigenvalue weighted by molar-refractivity contribution is 0.490. The smallest absolute Gasteiger partial charge is 0.181 e. The molecule has 0 spiro atoms. The molecule has 0 N–H and O–H groups in total. The molecule has 2 aliphatic rings. The highest BCUT2D eigenvalue weighted by Crippen LogP contribution is 2.38. The van der Waals surface area contributed by atoms with E-state index >= 15 is 0 Å². The Labute approximate surface area is 127 Å². The summed E-state index contributed by atoms with van der Waals surface area (Å²) >= 11 is 0. The van der Waals surface area contributed by atoms with Gasteiger partial charge in [0.1, 0.15) is 0 Å². The Hall–Kier alpha value is -1.35. The van der Waals surface area contributed by atoms with Gasteiger partial charge in [0.05, 0.1) is 10.1 Å². The highest BCUT2D eigenvalue weighted by molar-refractivity contribution is 7.92. The summed E-state index contributed by atoms with van der Waals surface area (Å²) in [5.74, 6) is 0.418. The second kappa shape index (κ2) is 5.80. The van der Waals surface area contributed by atoms with Crippen LogP contribution in [-0.4, -0.2) is 13.7 Å². The van der Waals surface area contributed by atoms with Crippen LogP contribution in [-0.2, 0) is 9.84 Å². The number of hydrogen-bond acceptors (Lipinski definition) is 2. The molecule has 2 aliphatic carbocycles. The van der Waals surface area contributed by atoms with E-state index in [-0.39, 0.29) is 5.25 Å². The van der Waals surface area contributed by atoms with Gasteiger partial charge in [-0.15, -0.1) is 0 Å². The zero-order chi connectivity index (χ0) is 14.9. The van der Waals surface area contributed by atoms with Crippen LogP contribution >= 0.6 is 0 Å². The molecule has 0 heterocycles. The van der Waals surface area contributed by atoms with Crippen molar-refractivity contribution in [2.45, 2.75) is 49.2 Å². The first-order valence-electron chi connectivity index (χ1n) is 7.74. The Morgan fingerprint density at radius 3 is 2.62 bits per heavy atom. The van der Waals surface area contributed by atoms with Crippen molar-refractivity contribution in [2.75, 3.05) is 0 Å². The average Bonchev–Trinajstić information content (AvgIpc) is 2.68. The van der Waals surface area contributed by atoms with E-state index in [0.717, 1.165) is 32.1 Å². The normalized spacial score (nSPS) is 26.3. The lowest BCUT2D eigenvalue weighted by Crippen LogP contribution is -2.24. The Morgan fingerprint density at radius 2 is 1.86 bits per heavy atom. The molecule has 0 amide bonds. The van der Waals surface area contributed by atoms with Gasteiger partial charge in [-0.1, -0.05) is 35.9 Å². The molecule has 0 saturated carbocycles. The van der Waals surface area contributed by atoms with Crippen LogP contribution in [0.15, 0.2) is 58.5 Å². The molecule has 0 saturated heterocycles. The Balaban J connectivity index is 1.91. The minimum absolute atomic E-state index is 0.246. The molecule has 2 unspecified atom stereocenters. The number of fused-ring (bicyclic) bond motifs is 1. The fourth-order valence-corrected chi connectivity index (χ4v) is 5.41. The molecule has 21 heavy (non-hydrogen) atoms. The van der Waals surface area contributed by atoms with Crippen LogP contribution in [0, 0.1) is 5.92 Å². The standard InChI is InChI=1S/C18H22O2S/c1-14-11-12-17(13-15-7-5-6-10-18(14)15)21(19,20)16-8-3-2-4-9-16/h2-4,6,8-10,15,17H,5,7,11-13H2,1H3. The van der Waals surface area contributed by atoms with Crippen LogP contribution in [0.1, 0.15) is 39.0 Å². The van der Waals surface area contributed by atoms with Crippen LogP contribution in [0.4, 0.5) is 0 Å². The van der Waals surface area contributed by atoms with E-state index in [4.69, 9.17) is 0 Å². The van der Waals surface area contributed by atoms with E-state index in [9.17, 15) is 8.42 Å². The first-order valence-corrected chi connectivity index (χ1v) is 9.29.